The number of amides is 1. The average molecular weight is 423 g/mol. The van der Waals surface area contributed by atoms with E-state index in [2.05, 4.69) is 15.5 Å². The number of aromatic nitrogens is 2. The van der Waals surface area contributed by atoms with E-state index in [4.69, 9.17) is 14.2 Å². The molecule has 0 saturated heterocycles. The zero-order valence-corrected chi connectivity index (χ0v) is 17.5. The predicted octanol–water partition coefficient (Wildman–Crippen LogP) is 2.95. The molecule has 0 saturated carbocycles. The van der Waals surface area contributed by atoms with Crippen LogP contribution in [0.25, 0.3) is 11.1 Å². The van der Waals surface area contributed by atoms with Crippen LogP contribution in [0.4, 0.5) is 5.69 Å². The van der Waals surface area contributed by atoms with Gasteiger partial charge in [0.15, 0.2) is 0 Å². The first-order valence-electron chi connectivity index (χ1n) is 10.1. The van der Waals surface area contributed by atoms with Gasteiger partial charge in [0.1, 0.15) is 30.5 Å². The third-order valence-corrected chi connectivity index (χ3v) is 5.27. The van der Waals surface area contributed by atoms with Crippen molar-refractivity contribution < 1.29 is 24.1 Å². The van der Waals surface area contributed by atoms with E-state index in [1.54, 1.807) is 19.4 Å². The van der Waals surface area contributed by atoms with Gasteiger partial charge in [0.2, 0.25) is 5.91 Å². The van der Waals surface area contributed by atoms with Crippen molar-refractivity contribution in [1.82, 2.24) is 10.2 Å². The Morgan fingerprint density at radius 1 is 1.32 bits per heavy atom. The summed E-state index contributed by atoms with van der Waals surface area (Å²) < 4.78 is 16.8. The van der Waals surface area contributed by atoms with E-state index < -0.39 is 0 Å². The van der Waals surface area contributed by atoms with E-state index in [1.165, 1.54) is 0 Å². The number of aromatic amines is 1. The van der Waals surface area contributed by atoms with E-state index in [0.717, 1.165) is 33.9 Å². The molecule has 31 heavy (non-hydrogen) atoms. The number of benzene rings is 2. The van der Waals surface area contributed by atoms with Gasteiger partial charge in [-0.05, 0) is 54.8 Å². The van der Waals surface area contributed by atoms with Crippen molar-refractivity contribution in [2.24, 2.45) is 5.92 Å². The fourth-order valence-corrected chi connectivity index (χ4v) is 3.61. The van der Waals surface area contributed by atoms with E-state index in [-0.39, 0.29) is 25.0 Å². The van der Waals surface area contributed by atoms with Crippen LogP contribution < -0.4 is 19.5 Å². The Kier molecular flexibility index (Phi) is 6.08. The summed E-state index contributed by atoms with van der Waals surface area (Å²) in [6.45, 7) is 2.22. The van der Waals surface area contributed by atoms with Crippen molar-refractivity contribution in [3.05, 3.63) is 53.9 Å². The number of hydrogen-bond donors (Lipinski definition) is 3. The van der Waals surface area contributed by atoms with Crippen molar-refractivity contribution in [3.63, 3.8) is 0 Å². The molecule has 3 N–H and O–H groups in total. The van der Waals surface area contributed by atoms with E-state index in [0.29, 0.717) is 24.5 Å². The number of ether oxygens (including phenoxy) is 3. The van der Waals surface area contributed by atoms with Crippen LogP contribution in [0.2, 0.25) is 0 Å². The molecule has 8 nitrogen and oxygen atoms in total. The monoisotopic (exact) mass is 423 g/mol. The van der Waals surface area contributed by atoms with Crippen molar-refractivity contribution in [2.45, 2.75) is 13.3 Å². The molecule has 1 atom stereocenters. The molecule has 1 amide bonds. The predicted molar refractivity (Wildman–Crippen MR) is 116 cm³/mol. The van der Waals surface area contributed by atoms with Crippen LogP contribution in [0, 0.1) is 12.8 Å². The van der Waals surface area contributed by atoms with Gasteiger partial charge in [0.05, 0.1) is 31.5 Å². The standard InChI is InChI=1S/C23H25N3O5/c1-14-19(12-24-26-14)15-3-5-20(22(11-15)30-8-7-27)25-23(28)17-9-16-10-18(29-2)4-6-21(16)31-13-17/h3-6,10-12,17,27H,7-9,13H2,1-2H3,(H,24,26)(H,25,28). The minimum absolute atomic E-state index is 0.121. The third kappa shape index (κ3) is 4.49. The fraction of sp³-hybridized carbons (Fsp3) is 0.304. The SMILES string of the molecule is COc1ccc2c(c1)CC(C(=O)Nc1ccc(-c3cn[nH]c3C)cc1OCCO)CO2. The highest BCUT2D eigenvalue weighted by molar-refractivity contribution is 5.95. The number of aliphatic hydroxyl groups excluding tert-OH is 1. The second-order valence-corrected chi connectivity index (χ2v) is 7.37. The Balaban J connectivity index is 1.53. The number of anilines is 1. The Hall–Kier alpha value is -3.52. The molecule has 2 heterocycles. The number of nitrogens with one attached hydrogen (secondary N) is 2. The number of nitrogens with zero attached hydrogens (tertiary/aromatic N) is 1. The van der Waals surface area contributed by atoms with Gasteiger partial charge in [0, 0.05) is 11.3 Å². The quantitative estimate of drug-likeness (QED) is 0.540. The van der Waals surface area contributed by atoms with E-state index in [1.807, 2.05) is 37.3 Å². The van der Waals surface area contributed by atoms with Gasteiger partial charge in [-0.1, -0.05) is 6.07 Å². The lowest BCUT2D eigenvalue weighted by atomic mass is 9.95. The maximum absolute atomic E-state index is 13.0. The van der Waals surface area contributed by atoms with Gasteiger partial charge < -0.3 is 24.6 Å². The van der Waals surface area contributed by atoms with Crippen molar-refractivity contribution in [3.8, 4) is 28.4 Å². The Morgan fingerprint density at radius 3 is 2.94 bits per heavy atom. The van der Waals surface area contributed by atoms with E-state index in [9.17, 15) is 9.90 Å². The highest BCUT2D eigenvalue weighted by atomic mass is 16.5. The number of H-pyrrole nitrogens is 1. The second kappa shape index (κ2) is 9.09. The van der Waals surface area contributed by atoms with Crippen LogP contribution in [0.3, 0.4) is 0 Å². The number of aliphatic hydroxyl groups is 1. The first kappa shape index (κ1) is 20.7. The summed E-state index contributed by atoms with van der Waals surface area (Å²) in [5.74, 6) is 1.49. The molecule has 0 spiro atoms. The van der Waals surface area contributed by atoms with Crippen LogP contribution >= 0.6 is 0 Å². The molecular weight excluding hydrogens is 398 g/mol. The minimum atomic E-state index is -0.346. The van der Waals surface area contributed by atoms with Crippen molar-refractivity contribution in [1.29, 1.82) is 0 Å². The topological polar surface area (TPSA) is 106 Å². The molecule has 0 fully saturated rings. The lowest BCUT2D eigenvalue weighted by Crippen LogP contribution is -2.32. The second-order valence-electron chi connectivity index (χ2n) is 7.37. The Morgan fingerprint density at radius 2 is 2.19 bits per heavy atom. The summed E-state index contributed by atoms with van der Waals surface area (Å²) in [5, 5.41) is 19.1. The molecule has 0 aliphatic carbocycles. The summed E-state index contributed by atoms with van der Waals surface area (Å²) >= 11 is 0. The molecular formula is C23H25N3O5. The van der Waals surface area contributed by atoms with Crippen molar-refractivity contribution in [2.75, 3.05) is 32.2 Å². The van der Waals surface area contributed by atoms with Crippen LogP contribution in [0.15, 0.2) is 42.6 Å². The third-order valence-electron chi connectivity index (χ3n) is 5.27. The summed E-state index contributed by atoms with van der Waals surface area (Å²) in [7, 11) is 1.61. The normalized spacial score (nSPS) is 15.0. The van der Waals surface area contributed by atoms with Crippen molar-refractivity contribution >= 4 is 11.6 Å². The molecule has 0 bridgehead atoms. The molecule has 1 aliphatic heterocycles. The lowest BCUT2D eigenvalue weighted by molar-refractivity contribution is -0.121. The molecule has 8 heteroatoms. The average Bonchev–Trinajstić information content (AvgIpc) is 3.23. The van der Waals surface area contributed by atoms with Gasteiger partial charge in [-0.3, -0.25) is 9.89 Å². The zero-order valence-electron chi connectivity index (χ0n) is 17.5. The zero-order chi connectivity index (χ0) is 21.8. The van der Waals surface area contributed by atoms with Crippen LogP contribution in [-0.4, -0.2) is 48.1 Å². The first-order chi connectivity index (χ1) is 15.1. The number of aryl methyl sites for hydroxylation is 1. The fourth-order valence-electron chi connectivity index (χ4n) is 3.61. The van der Waals surface area contributed by atoms with Gasteiger partial charge in [-0.15, -0.1) is 0 Å². The number of carbonyl (C=O) groups excluding carboxylic acids is 1. The number of rotatable bonds is 7. The highest BCUT2D eigenvalue weighted by Crippen LogP contribution is 2.34. The van der Waals surface area contributed by atoms with Gasteiger partial charge >= 0.3 is 0 Å². The van der Waals surface area contributed by atoms with Gasteiger partial charge in [-0.2, -0.15) is 5.10 Å². The maximum atomic E-state index is 13.0. The molecule has 0 radical (unpaired) electrons. The Bertz CT molecular complexity index is 1080. The van der Waals surface area contributed by atoms with Gasteiger partial charge in [0.25, 0.3) is 0 Å². The summed E-state index contributed by atoms with van der Waals surface area (Å²) in [4.78, 5) is 13.0. The highest BCUT2D eigenvalue weighted by Gasteiger charge is 2.27. The van der Waals surface area contributed by atoms with Crippen LogP contribution in [-0.2, 0) is 11.2 Å². The number of hydrogen-bond acceptors (Lipinski definition) is 6. The molecule has 162 valence electrons. The van der Waals surface area contributed by atoms with Crippen LogP contribution in [0.5, 0.6) is 17.2 Å². The maximum Gasteiger partial charge on any atom is 0.231 e. The smallest absolute Gasteiger partial charge is 0.231 e. The molecule has 1 aromatic heterocycles. The summed E-state index contributed by atoms with van der Waals surface area (Å²) in [6, 6.07) is 11.1. The molecule has 3 aromatic rings. The molecule has 1 aliphatic rings. The van der Waals surface area contributed by atoms with E-state index >= 15 is 0 Å². The van der Waals surface area contributed by atoms with Gasteiger partial charge in [-0.25, -0.2) is 0 Å². The molecule has 4 rings (SSSR count). The Labute approximate surface area is 180 Å². The lowest BCUT2D eigenvalue weighted by Gasteiger charge is -2.25. The summed E-state index contributed by atoms with van der Waals surface area (Å²) in [6.07, 6.45) is 2.29. The minimum Gasteiger partial charge on any atom is -0.497 e. The number of fused-ring (bicyclic) bond motifs is 1. The largest absolute Gasteiger partial charge is 0.497 e. The number of carbonyl (C=O) groups is 1. The first-order valence-corrected chi connectivity index (χ1v) is 10.1. The summed E-state index contributed by atoms with van der Waals surface area (Å²) in [5.41, 5.74) is 4.25. The molecule has 1 unspecified atom stereocenters. The molecule has 2 aromatic carbocycles. The number of methoxy groups -OCH3 is 1. The van der Waals surface area contributed by atoms with Crippen LogP contribution in [0.1, 0.15) is 11.3 Å².